The van der Waals surface area contributed by atoms with Gasteiger partial charge in [-0.25, -0.2) is 0 Å². The third-order valence-electron chi connectivity index (χ3n) is 3.66. The quantitative estimate of drug-likeness (QED) is 0.641. The predicted octanol–water partition coefficient (Wildman–Crippen LogP) is 3.00. The van der Waals surface area contributed by atoms with Gasteiger partial charge in [0.05, 0.1) is 18.0 Å². The second-order valence-corrected chi connectivity index (χ2v) is 6.16. The zero-order valence-corrected chi connectivity index (χ0v) is 12.8. The molecular weight excluding hydrogens is 339 g/mol. The summed E-state index contributed by atoms with van der Waals surface area (Å²) < 4.78 is 1.15. The Morgan fingerprint density at radius 3 is 2.61 bits per heavy atom. The van der Waals surface area contributed by atoms with E-state index in [0.717, 1.165) is 14.9 Å². The number of aliphatic hydroxyl groups excluding tert-OH is 1. The van der Waals surface area contributed by atoms with Gasteiger partial charge >= 0.3 is 0 Å². The van der Waals surface area contributed by atoms with Crippen molar-refractivity contribution >= 4 is 34.0 Å². The second kappa shape index (κ2) is 6.61. The van der Waals surface area contributed by atoms with Crippen molar-refractivity contribution in [1.82, 2.24) is 0 Å². The lowest BCUT2D eigenvalue weighted by Gasteiger charge is -2.36. The third-order valence-corrected chi connectivity index (χ3v) is 4.33. The van der Waals surface area contributed by atoms with Crippen molar-refractivity contribution < 1.29 is 5.11 Å². The summed E-state index contributed by atoms with van der Waals surface area (Å²) in [5, 5.41) is 9.29. The van der Waals surface area contributed by atoms with Crippen LogP contribution in [0.5, 0.6) is 0 Å². The summed E-state index contributed by atoms with van der Waals surface area (Å²) >= 11 is 2.27. The number of nitrogens with two attached hydrogens (primary N) is 1. The van der Waals surface area contributed by atoms with Crippen LogP contribution in [0.1, 0.15) is 32.1 Å². The molecule has 0 aromatic heterocycles. The molecule has 0 saturated heterocycles. The molecule has 0 bridgehead atoms. The van der Waals surface area contributed by atoms with Gasteiger partial charge in [0.15, 0.2) is 0 Å². The molecule has 3 N–H and O–H groups in total. The molecule has 4 heteroatoms. The van der Waals surface area contributed by atoms with Gasteiger partial charge in [-0.2, -0.15) is 0 Å². The first-order valence-corrected chi connectivity index (χ1v) is 7.73. The Morgan fingerprint density at radius 1 is 1.28 bits per heavy atom. The molecule has 0 heterocycles. The van der Waals surface area contributed by atoms with Gasteiger partial charge in [0.2, 0.25) is 0 Å². The van der Waals surface area contributed by atoms with E-state index in [4.69, 9.17) is 5.73 Å². The van der Waals surface area contributed by atoms with Gasteiger partial charge in [-0.15, -0.1) is 0 Å². The van der Waals surface area contributed by atoms with Crippen LogP contribution in [-0.4, -0.2) is 24.3 Å². The van der Waals surface area contributed by atoms with E-state index in [-0.39, 0.29) is 6.61 Å². The molecule has 0 amide bonds. The van der Waals surface area contributed by atoms with Gasteiger partial charge in [-0.3, -0.25) is 0 Å². The summed E-state index contributed by atoms with van der Waals surface area (Å²) in [6.07, 6.45) is 6.34. The molecule has 0 atom stereocenters. The summed E-state index contributed by atoms with van der Waals surface area (Å²) in [4.78, 5) is 2.30. The standard InChI is InChI=1S/C14H21IN2O/c15-11-6-7-14(13(16)10-11)17(8-9-18)12-4-2-1-3-5-12/h6-7,10,12,18H,1-5,8-9,16H2. The van der Waals surface area contributed by atoms with Crippen LogP contribution >= 0.6 is 22.6 Å². The molecule has 2 rings (SSSR count). The Morgan fingerprint density at radius 2 is 2.00 bits per heavy atom. The van der Waals surface area contributed by atoms with Crippen molar-refractivity contribution in [2.45, 2.75) is 38.1 Å². The lowest BCUT2D eigenvalue weighted by molar-refractivity contribution is 0.290. The number of nitrogen functional groups attached to an aromatic ring is 1. The smallest absolute Gasteiger partial charge is 0.0606 e. The number of anilines is 2. The molecule has 0 spiro atoms. The molecule has 1 aliphatic carbocycles. The second-order valence-electron chi connectivity index (χ2n) is 4.91. The number of halogens is 1. The lowest BCUT2D eigenvalue weighted by atomic mass is 9.93. The van der Waals surface area contributed by atoms with E-state index in [2.05, 4.69) is 39.6 Å². The van der Waals surface area contributed by atoms with Crippen LogP contribution in [0.4, 0.5) is 11.4 Å². The molecule has 0 aliphatic heterocycles. The summed E-state index contributed by atoms with van der Waals surface area (Å²) in [5.74, 6) is 0. The maximum atomic E-state index is 9.29. The maximum Gasteiger partial charge on any atom is 0.0606 e. The van der Waals surface area contributed by atoms with Crippen molar-refractivity contribution in [2.24, 2.45) is 0 Å². The number of hydrogen-bond acceptors (Lipinski definition) is 3. The number of benzene rings is 1. The molecule has 1 saturated carbocycles. The van der Waals surface area contributed by atoms with E-state index < -0.39 is 0 Å². The Bertz CT molecular complexity index is 391. The normalized spacial score (nSPS) is 16.8. The van der Waals surface area contributed by atoms with Crippen LogP contribution in [0.3, 0.4) is 0 Å². The summed E-state index contributed by atoms with van der Waals surface area (Å²) in [7, 11) is 0. The van der Waals surface area contributed by atoms with Gasteiger partial charge < -0.3 is 15.7 Å². The number of rotatable bonds is 4. The highest BCUT2D eigenvalue weighted by Gasteiger charge is 2.22. The molecule has 1 aromatic rings. The molecule has 0 unspecified atom stereocenters. The van der Waals surface area contributed by atoms with E-state index in [9.17, 15) is 5.11 Å². The monoisotopic (exact) mass is 360 g/mol. The van der Waals surface area contributed by atoms with Gasteiger partial charge in [-0.05, 0) is 53.6 Å². The summed E-state index contributed by atoms with van der Waals surface area (Å²) in [6.45, 7) is 0.859. The molecule has 0 radical (unpaired) electrons. The van der Waals surface area contributed by atoms with Crippen LogP contribution in [-0.2, 0) is 0 Å². The minimum Gasteiger partial charge on any atom is -0.397 e. The van der Waals surface area contributed by atoms with Crippen LogP contribution < -0.4 is 10.6 Å². The highest BCUT2D eigenvalue weighted by molar-refractivity contribution is 14.1. The fraction of sp³-hybridized carbons (Fsp3) is 0.571. The fourth-order valence-electron chi connectivity index (χ4n) is 2.79. The average Bonchev–Trinajstić information content (AvgIpc) is 2.38. The van der Waals surface area contributed by atoms with Gasteiger partial charge in [0.25, 0.3) is 0 Å². The highest BCUT2D eigenvalue weighted by atomic mass is 127. The molecule has 3 nitrogen and oxygen atoms in total. The SMILES string of the molecule is Nc1cc(I)ccc1N(CCO)C1CCCCC1. The largest absolute Gasteiger partial charge is 0.397 e. The topological polar surface area (TPSA) is 49.5 Å². The highest BCUT2D eigenvalue weighted by Crippen LogP contribution is 2.31. The minimum absolute atomic E-state index is 0.182. The first-order chi connectivity index (χ1) is 8.72. The molecule has 1 fully saturated rings. The number of hydrogen-bond donors (Lipinski definition) is 2. The first kappa shape index (κ1) is 13.9. The summed E-state index contributed by atoms with van der Waals surface area (Å²) in [6, 6.07) is 6.71. The molecule has 18 heavy (non-hydrogen) atoms. The van der Waals surface area contributed by atoms with E-state index in [1.807, 2.05) is 6.07 Å². The zero-order valence-electron chi connectivity index (χ0n) is 10.6. The Labute approximate surface area is 123 Å². The first-order valence-electron chi connectivity index (χ1n) is 6.65. The van der Waals surface area contributed by atoms with Crippen molar-refractivity contribution in [2.75, 3.05) is 23.8 Å². The number of nitrogens with zero attached hydrogens (tertiary/aromatic N) is 1. The van der Waals surface area contributed by atoms with Crippen LogP contribution in [0.2, 0.25) is 0 Å². The molecular formula is C14H21IN2O. The van der Waals surface area contributed by atoms with E-state index in [1.165, 1.54) is 32.1 Å². The van der Waals surface area contributed by atoms with Gasteiger partial charge in [-0.1, -0.05) is 19.3 Å². The predicted molar refractivity (Wildman–Crippen MR) is 84.9 cm³/mol. The Kier molecular flexibility index (Phi) is 5.12. The van der Waals surface area contributed by atoms with Crippen LogP contribution in [0.25, 0.3) is 0 Å². The van der Waals surface area contributed by atoms with Crippen molar-refractivity contribution in [1.29, 1.82) is 0 Å². The minimum atomic E-state index is 0.182. The fourth-order valence-corrected chi connectivity index (χ4v) is 3.30. The number of aliphatic hydroxyl groups is 1. The third kappa shape index (κ3) is 3.29. The molecule has 1 aromatic carbocycles. The average molecular weight is 360 g/mol. The summed E-state index contributed by atoms with van der Waals surface area (Å²) in [5.41, 5.74) is 8.03. The van der Waals surface area contributed by atoms with Gasteiger partial charge in [0, 0.05) is 16.2 Å². The van der Waals surface area contributed by atoms with Gasteiger partial charge in [0.1, 0.15) is 0 Å². The van der Waals surface area contributed by atoms with Crippen molar-refractivity contribution in [3.8, 4) is 0 Å². The van der Waals surface area contributed by atoms with Crippen LogP contribution in [0.15, 0.2) is 18.2 Å². The molecule has 100 valence electrons. The van der Waals surface area contributed by atoms with E-state index in [1.54, 1.807) is 0 Å². The van der Waals surface area contributed by atoms with E-state index >= 15 is 0 Å². The maximum absolute atomic E-state index is 9.29. The van der Waals surface area contributed by atoms with Crippen molar-refractivity contribution in [3.05, 3.63) is 21.8 Å². The van der Waals surface area contributed by atoms with E-state index in [0.29, 0.717) is 12.6 Å². The lowest BCUT2D eigenvalue weighted by Crippen LogP contribution is -2.39. The van der Waals surface area contributed by atoms with Crippen molar-refractivity contribution in [3.63, 3.8) is 0 Å². The Hall–Kier alpha value is -0.490. The Balaban J connectivity index is 2.22. The zero-order chi connectivity index (χ0) is 13.0. The molecule has 1 aliphatic rings. The van der Waals surface area contributed by atoms with Crippen LogP contribution in [0, 0.1) is 3.57 Å².